The smallest absolute Gasteiger partial charge is 0.336 e. The topological polar surface area (TPSA) is 45.5 Å². The molecule has 3 rings (SSSR count). The van der Waals surface area contributed by atoms with E-state index in [4.69, 9.17) is 4.42 Å². The molecule has 1 aromatic carbocycles. The Bertz CT molecular complexity index is 677. The van der Waals surface area contributed by atoms with Crippen LogP contribution in [-0.4, -0.2) is 31.1 Å². The lowest BCUT2D eigenvalue weighted by Crippen LogP contribution is -2.33. The molecule has 1 fully saturated rings. The van der Waals surface area contributed by atoms with Crippen LogP contribution in [0.15, 0.2) is 37.9 Å². The third-order valence-corrected chi connectivity index (χ3v) is 4.36. The second-order valence-electron chi connectivity index (χ2n) is 5.29. The Morgan fingerprint density at radius 2 is 2.30 bits per heavy atom. The summed E-state index contributed by atoms with van der Waals surface area (Å²) in [7, 11) is 2.11. The zero-order chi connectivity index (χ0) is 14.1. The number of hydrogen-bond acceptors (Lipinski definition) is 4. The van der Waals surface area contributed by atoms with E-state index in [0.717, 1.165) is 41.5 Å². The number of benzene rings is 1. The van der Waals surface area contributed by atoms with E-state index in [9.17, 15) is 4.79 Å². The minimum absolute atomic E-state index is 0.288. The zero-order valence-corrected chi connectivity index (χ0v) is 12.9. The van der Waals surface area contributed by atoms with Gasteiger partial charge in [0.25, 0.3) is 0 Å². The SMILES string of the molecule is CN(Cc1cc(=O)oc2cc(Br)ccc12)C1CCNC1. The fourth-order valence-corrected chi connectivity index (χ4v) is 3.09. The quantitative estimate of drug-likeness (QED) is 0.874. The molecule has 0 radical (unpaired) electrons. The van der Waals surface area contributed by atoms with Crippen LogP contribution in [0.5, 0.6) is 0 Å². The highest BCUT2D eigenvalue weighted by Gasteiger charge is 2.20. The molecule has 1 aromatic heterocycles. The van der Waals surface area contributed by atoms with Crippen LogP contribution in [0.4, 0.5) is 0 Å². The Hall–Kier alpha value is -1.17. The molecule has 0 bridgehead atoms. The molecule has 2 aromatic rings. The van der Waals surface area contributed by atoms with Gasteiger partial charge in [-0.25, -0.2) is 4.79 Å². The van der Waals surface area contributed by atoms with Gasteiger partial charge >= 0.3 is 5.63 Å². The van der Waals surface area contributed by atoms with E-state index in [2.05, 4.69) is 33.2 Å². The van der Waals surface area contributed by atoms with Gasteiger partial charge in [0.2, 0.25) is 0 Å². The Labute approximate surface area is 125 Å². The molecule has 0 saturated carbocycles. The van der Waals surface area contributed by atoms with Gasteiger partial charge in [-0.2, -0.15) is 0 Å². The monoisotopic (exact) mass is 336 g/mol. The van der Waals surface area contributed by atoms with Crippen molar-refractivity contribution in [2.24, 2.45) is 0 Å². The lowest BCUT2D eigenvalue weighted by molar-refractivity contribution is 0.249. The van der Waals surface area contributed by atoms with Crippen molar-refractivity contribution in [3.05, 3.63) is 44.7 Å². The van der Waals surface area contributed by atoms with Crippen LogP contribution < -0.4 is 10.9 Å². The van der Waals surface area contributed by atoms with E-state index in [1.165, 1.54) is 0 Å². The molecule has 5 heteroatoms. The van der Waals surface area contributed by atoms with Crippen LogP contribution in [0.25, 0.3) is 11.0 Å². The second kappa shape index (κ2) is 5.68. The average Bonchev–Trinajstić information content (AvgIpc) is 2.91. The summed E-state index contributed by atoms with van der Waals surface area (Å²) < 4.78 is 6.19. The summed E-state index contributed by atoms with van der Waals surface area (Å²) in [6, 6.07) is 7.96. The lowest BCUT2D eigenvalue weighted by Gasteiger charge is -2.23. The molecule has 0 amide bonds. The molecule has 20 heavy (non-hydrogen) atoms. The van der Waals surface area contributed by atoms with Gasteiger partial charge in [0.05, 0.1) is 0 Å². The molecule has 1 atom stereocenters. The van der Waals surface area contributed by atoms with Gasteiger partial charge in [-0.1, -0.05) is 15.9 Å². The van der Waals surface area contributed by atoms with Crippen molar-refractivity contribution in [3.63, 3.8) is 0 Å². The van der Waals surface area contributed by atoms with E-state index >= 15 is 0 Å². The fourth-order valence-electron chi connectivity index (χ4n) is 2.75. The summed E-state index contributed by atoms with van der Waals surface area (Å²) >= 11 is 3.41. The van der Waals surface area contributed by atoms with Crippen LogP contribution in [-0.2, 0) is 6.54 Å². The standard InChI is InChI=1S/C15H17BrN2O2/c1-18(12-4-5-17-8-12)9-10-6-15(19)20-14-7-11(16)2-3-13(10)14/h2-3,6-7,12,17H,4-5,8-9H2,1H3. The summed E-state index contributed by atoms with van der Waals surface area (Å²) in [5.41, 5.74) is 1.38. The molecule has 1 saturated heterocycles. The summed E-state index contributed by atoms with van der Waals surface area (Å²) in [6.45, 7) is 2.84. The van der Waals surface area contributed by atoms with Gasteiger partial charge in [-0.05, 0) is 43.8 Å². The highest BCUT2D eigenvalue weighted by molar-refractivity contribution is 9.10. The predicted molar refractivity (Wildman–Crippen MR) is 82.9 cm³/mol. The summed E-state index contributed by atoms with van der Waals surface area (Å²) in [6.07, 6.45) is 1.15. The number of halogens is 1. The average molecular weight is 337 g/mol. The number of fused-ring (bicyclic) bond motifs is 1. The van der Waals surface area contributed by atoms with Gasteiger partial charge in [-0.3, -0.25) is 4.90 Å². The second-order valence-corrected chi connectivity index (χ2v) is 6.21. The first-order valence-corrected chi connectivity index (χ1v) is 7.56. The largest absolute Gasteiger partial charge is 0.423 e. The molecule has 1 N–H and O–H groups in total. The van der Waals surface area contributed by atoms with Gasteiger partial charge < -0.3 is 9.73 Å². The van der Waals surface area contributed by atoms with Gasteiger partial charge in [0, 0.05) is 35.1 Å². The number of nitrogens with one attached hydrogen (secondary N) is 1. The Kier molecular flexibility index (Phi) is 3.92. The molecular weight excluding hydrogens is 320 g/mol. The molecule has 0 spiro atoms. The van der Waals surface area contributed by atoms with Crippen LogP contribution in [0.1, 0.15) is 12.0 Å². The third kappa shape index (κ3) is 2.80. The zero-order valence-electron chi connectivity index (χ0n) is 11.4. The molecule has 0 aliphatic carbocycles. The highest BCUT2D eigenvalue weighted by atomic mass is 79.9. The molecule has 2 heterocycles. The van der Waals surface area contributed by atoms with Gasteiger partial charge in [0.1, 0.15) is 5.58 Å². The maximum atomic E-state index is 11.7. The molecule has 1 unspecified atom stereocenters. The van der Waals surface area contributed by atoms with Crippen molar-refractivity contribution in [1.82, 2.24) is 10.2 Å². The highest BCUT2D eigenvalue weighted by Crippen LogP contribution is 2.23. The normalized spacial score (nSPS) is 19.1. The first-order chi connectivity index (χ1) is 9.63. The lowest BCUT2D eigenvalue weighted by atomic mass is 10.1. The first kappa shape index (κ1) is 13.8. The van der Waals surface area contributed by atoms with Crippen molar-refractivity contribution in [2.45, 2.75) is 19.0 Å². The minimum atomic E-state index is -0.288. The van der Waals surface area contributed by atoms with Crippen molar-refractivity contribution in [3.8, 4) is 0 Å². The summed E-state index contributed by atoms with van der Waals surface area (Å²) in [5.74, 6) is 0. The summed E-state index contributed by atoms with van der Waals surface area (Å²) in [4.78, 5) is 14.0. The van der Waals surface area contributed by atoms with Crippen LogP contribution in [0, 0.1) is 0 Å². The number of rotatable bonds is 3. The van der Waals surface area contributed by atoms with Crippen LogP contribution in [0.2, 0.25) is 0 Å². The van der Waals surface area contributed by atoms with E-state index in [0.29, 0.717) is 11.6 Å². The van der Waals surface area contributed by atoms with E-state index < -0.39 is 0 Å². The van der Waals surface area contributed by atoms with E-state index in [1.54, 1.807) is 6.07 Å². The Morgan fingerprint density at radius 1 is 1.45 bits per heavy atom. The molecule has 1 aliphatic rings. The third-order valence-electron chi connectivity index (χ3n) is 3.87. The number of hydrogen-bond donors (Lipinski definition) is 1. The number of nitrogens with zero attached hydrogens (tertiary/aromatic N) is 1. The van der Waals surface area contributed by atoms with Crippen molar-refractivity contribution >= 4 is 26.9 Å². The van der Waals surface area contributed by atoms with Gasteiger partial charge in [0.15, 0.2) is 0 Å². The number of likely N-dealkylation sites (N-methyl/N-ethyl adjacent to an activating group) is 1. The first-order valence-electron chi connectivity index (χ1n) is 6.77. The summed E-state index contributed by atoms with van der Waals surface area (Å²) in [5, 5.41) is 4.37. The van der Waals surface area contributed by atoms with E-state index in [1.807, 2.05) is 18.2 Å². The van der Waals surface area contributed by atoms with Crippen molar-refractivity contribution < 1.29 is 4.42 Å². The predicted octanol–water partition coefficient (Wildman–Crippen LogP) is 2.35. The minimum Gasteiger partial charge on any atom is -0.423 e. The van der Waals surface area contributed by atoms with Crippen LogP contribution >= 0.6 is 15.9 Å². The maximum Gasteiger partial charge on any atom is 0.336 e. The molecule has 4 nitrogen and oxygen atoms in total. The maximum absolute atomic E-state index is 11.7. The Balaban J connectivity index is 1.95. The molecular formula is C15H17BrN2O2. The fraction of sp³-hybridized carbons (Fsp3) is 0.400. The molecule has 106 valence electrons. The van der Waals surface area contributed by atoms with Crippen molar-refractivity contribution in [1.29, 1.82) is 0 Å². The molecule has 1 aliphatic heterocycles. The van der Waals surface area contributed by atoms with E-state index in [-0.39, 0.29) is 5.63 Å². The van der Waals surface area contributed by atoms with Crippen LogP contribution in [0.3, 0.4) is 0 Å². The van der Waals surface area contributed by atoms with Crippen molar-refractivity contribution in [2.75, 3.05) is 20.1 Å². The van der Waals surface area contributed by atoms with Gasteiger partial charge in [-0.15, -0.1) is 0 Å². The Morgan fingerprint density at radius 3 is 3.05 bits per heavy atom.